The second-order valence-corrected chi connectivity index (χ2v) is 10.7. The smallest absolute Gasteiger partial charge is 0.259 e. The summed E-state index contributed by atoms with van der Waals surface area (Å²) in [5.41, 5.74) is 2.11. The number of ether oxygens (including phenoxy) is 3. The van der Waals surface area contributed by atoms with Crippen molar-refractivity contribution in [3.05, 3.63) is 83.6 Å². The van der Waals surface area contributed by atoms with Gasteiger partial charge in [-0.1, -0.05) is 6.07 Å². The van der Waals surface area contributed by atoms with Crippen LogP contribution in [0.15, 0.2) is 61.1 Å². The third-order valence-electron chi connectivity index (χ3n) is 7.63. The Morgan fingerprint density at radius 2 is 2.00 bits per heavy atom. The van der Waals surface area contributed by atoms with Crippen LogP contribution in [0.25, 0.3) is 5.65 Å². The van der Waals surface area contributed by atoms with E-state index < -0.39 is 23.9 Å². The molecular weight excluding hydrogens is 571 g/mol. The Hall–Kier alpha value is -5.20. The molecule has 2 aliphatic rings. The Morgan fingerprint density at radius 3 is 2.86 bits per heavy atom. The van der Waals surface area contributed by atoms with E-state index in [0.29, 0.717) is 47.7 Å². The largest absolute Gasteiger partial charge is 0.493 e. The number of likely N-dealkylation sites (tertiary alicyclic amines) is 1. The number of fused-ring (bicyclic) bond motifs is 6. The molecule has 2 aromatic carbocycles. The highest BCUT2D eigenvalue weighted by Gasteiger charge is 2.35. The molecule has 3 amide bonds. The summed E-state index contributed by atoms with van der Waals surface area (Å²) in [6, 6.07) is 10.6. The van der Waals surface area contributed by atoms with E-state index in [2.05, 4.69) is 20.7 Å². The maximum Gasteiger partial charge on any atom is 0.259 e. The molecule has 4 heterocycles. The number of aryl methyl sites for hydroxylation is 1. The lowest BCUT2D eigenvalue weighted by Crippen LogP contribution is -2.58. The minimum atomic E-state index is -0.655. The number of halogens is 1. The molecule has 12 nitrogen and oxygen atoms in total. The number of rotatable bonds is 2. The van der Waals surface area contributed by atoms with Gasteiger partial charge < -0.3 is 29.7 Å². The van der Waals surface area contributed by atoms with Crippen molar-refractivity contribution in [2.45, 2.75) is 38.0 Å². The quantitative estimate of drug-likeness (QED) is 0.357. The SMILES string of the molecule is COc1ccc2cc1OCC(=O)N[C@@H]1CN(C(=O)c3cnn4cccnc34)CC[C@H]1Oc1cc(F)cc(c1)CNC(=O)CC2. The molecule has 1 saturated heterocycles. The van der Waals surface area contributed by atoms with Gasteiger partial charge in [0.2, 0.25) is 5.91 Å². The zero-order chi connectivity index (χ0) is 30.6. The number of aromatic nitrogens is 3. The summed E-state index contributed by atoms with van der Waals surface area (Å²) in [7, 11) is 1.50. The Balaban J connectivity index is 1.28. The molecule has 6 rings (SSSR count). The number of nitrogens with one attached hydrogen (secondary N) is 2. The zero-order valence-corrected chi connectivity index (χ0v) is 24.0. The predicted octanol–water partition coefficient (Wildman–Crippen LogP) is 2.30. The van der Waals surface area contributed by atoms with Crippen molar-refractivity contribution in [3.63, 3.8) is 0 Å². The molecule has 4 bridgehead atoms. The Labute approximate surface area is 252 Å². The molecule has 13 heteroatoms. The number of methoxy groups -OCH3 is 1. The molecule has 0 unspecified atom stereocenters. The summed E-state index contributed by atoms with van der Waals surface area (Å²) >= 11 is 0. The third kappa shape index (κ3) is 6.41. The van der Waals surface area contributed by atoms with Gasteiger partial charge in [-0.2, -0.15) is 5.10 Å². The molecule has 0 radical (unpaired) electrons. The van der Waals surface area contributed by atoms with Crippen molar-refractivity contribution in [1.29, 1.82) is 0 Å². The monoisotopic (exact) mass is 602 g/mol. The van der Waals surface area contributed by atoms with Crippen LogP contribution < -0.4 is 24.8 Å². The van der Waals surface area contributed by atoms with Crippen LogP contribution in [0.1, 0.15) is 34.3 Å². The fourth-order valence-electron chi connectivity index (χ4n) is 5.44. The summed E-state index contributed by atoms with van der Waals surface area (Å²) in [5.74, 6) is -0.388. The number of benzene rings is 2. The van der Waals surface area contributed by atoms with Crippen LogP contribution in [0.4, 0.5) is 4.39 Å². The van der Waals surface area contributed by atoms with E-state index in [9.17, 15) is 18.8 Å². The molecule has 2 aliphatic heterocycles. The van der Waals surface area contributed by atoms with Crippen LogP contribution in [0, 0.1) is 5.82 Å². The highest BCUT2D eigenvalue weighted by atomic mass is 19.1. The predicted molar refractivity (Wildman–Crippen MR) is 155 cm³/mol. The summed E-state index contributed by atoms with van der Waals surface area (Å²) < 4.78 is 33.6. The second-order valence-electron chi connectivity index (χ2n) is 10.7. The molecule has 228 valence electrons. The number of hydrogen-bond donors (Lipinski definition) is 2. The number of nitrogens with zero attached hydrogens (tertiary/aromatic N) is 4. The molecule has 2 N–H and O–H groups in total. The van der Waals surface area contributed by atoms with E-state index in [1.165, 1.54) is 30.0 Å². The molecular formula is C31H31FN6O6. The van der Waals surface area contributed by atoms with Crippen LogP contribution in [0.2, 0.25) is 0 Å². The highest BCUT2D eigenvalue weighted by molar-refractivity contribution is 5.99. The minimum Gasteiger partial charge on any atom is -0.493 e. The number of piperidine rings is 1. The topological polar surface area (TPSA) is 136 Å². The lowest BCUT2D eigenvalue weighted by Gasteiger charge is -2.38. The van der Waals surface area contributed by atoms with Crippen molar-refractivity contribution < 1.29 is 33.0 Å². The van der Waals surface area contributed by atoms with E-state index >= 15 is 0 Å². The fourth-order valence-corrected chi connectivity index (χ4v) is 5.44. The summed E-state index contributed by atoms with van der Waals surface area (Å²) in [5, 5.41) is 10.00. The van der Waals surface area contributed by atoms with E-state index in [4.69, 9.17) is 14.2 Å². The molecule has 0 spiro atoms. The molecule has 4 aromatic rings. The average molecular weight is 603 g/mol. The summed E-state index contributed by atoms with van der Waals surface area (Å²) in [6.45, 7) is 0.222. The maximum atomic E-state index is 14.6. The van der Waals surface area contributed by atoms with E-state index in [1.807, 2.05) is 6.07 Å². The van der Waals surface area contributed by atoms with Crippen molar-refractivity contribution in [3.8, 4) is 17.2 Å². The van der Waals surface area contributed by atoms with Crippen LogP contribution >= 0.6 is 0 Å². The zero-order valence-electron chi connectivity index (χ0n) is 24.0. The number of carbonyl (C=O) groups is 3. The van der Waals surface area contributed by atoms with Crippen molar-refractivity contribution in [2.75, 3.05) is 26.8 Å². The maximum absolute atomic E-state index is 14.6. The van der Waals surface area contributed by atoms with Gasteiger partial charge in [-0.05, 0) is 47.9 Å². The molecule has 0 saturated carbocycles. The van der Waals surface area contributed by atoms with Crippen molar-refractivity contribution >= 4 is 23.4 Å². The van der Waals surface area contributed by atoms with Gasteiger partial charge in [-0.3, -0.25) is 14.4 Å². The van der Waals surface area contributed by atoms with E-state index in [0.717, 1.165) is 5.56 Å². The van der Waals surface area contributed by atoms with Crippen LogP contribution in [-0.4, -0.2) is 76.2 Å². The number of hydrogen-bond acceptors (Lipinski definition) is 8. The summed E-state index contributed by atoms with van der Waals surface area (Å²) in [6.07, 6.45) is 5.14. The Morgan fingerprint density at radius 1 is 1.11 bits per heavy atom. The first-order chi connectivity index (χ1) is 21.4. The Kier molecular flexibility index (Phi) is 8.26. The molecule has 2 atom stereocenters. The first-order valence-corrected chi connectivity index (χ1v) is 14.3. The van der Waals surface area contributed by atoms with Gasteiger partial charge in [0.25, 0.3) is 11.8 Å². The van der Waals surface area contributed by atoms with Crippen molar-refractivity contribution in [1.82, 2.24) is 30.1 Å². The standard InChI is InChI=1S/C31H31FN6O6/c1-42-26-5-3-19-4-6-28(39)34-15-20-11-21(32)14-22(12-20)44-25-7-10-37(17-24(25)36-29(40)18-43-27(26)13-19)31(41)23-16-35-38-9-2-8-33-30(23)38/h2-3,5,8-9,11-14,16,24-25H,4,6-7,10,15,17-18H2,1H3,(H,34,39)(H,36,40)/t24-,25-/m1/s1. The highest BCUT2D eigenvalue weighted by Crippen LogP contribution is 2.29. The third-order valence-corrected chi connectivity index (χ3v) is 7.63. The Bertz CT molecular complexity index is 1710. The summed E-state index contributed by atoms with van der Waals surface area (Å²) in [4.78, 5) is 45.2. The van der Waals surface area contributed by atoms with Crippen LogP contribution in [0.3, 0.4) is 0 Å². The van der Waals surface area contributed by atoms with Gasteiger partial charge in [0.1, 0.15) is 23.2 Å². The van der Waals surface area contributed by atoms with Crippen LogP contribution in [-0.2, 0) is 22.6 Å². The van der Waals surface area contributed by atoms with E-state index in [1.54, 1.807) is 41.6 Å². The fraction of sp³-hybridized carbons (Fsp3) is 0.323. The number of carbonyl (C=O) groups excluding carboxylic acids is 3. The van der Waals surface area contributed by atoms with Gasteiger partial charge >= 0.3 is 0 Å². The lowest BCUT2D eigenvalue weighted by atomic mass is 10.0. The number of amides is 3. The van der Waals surface area contributed by atoms with Gasteiger partial charge in [0.05, 0.1) is 19.3 Å². The first-order valence-electron chi connectivity index (χ1n) is 14.3. The first kappa shape index (κ1) is 28.9. The van der Waals surface area contributed by atoms with Crippen molar-refractivity contribution in [2.24, 2.45) is 0 Å². The van der Waals surface area contributed by atoms with Gasteiger partial charge in [-0.25, -0.2) is 13.9 Å². The van der Waals surface area contributed by atoms with E-state index in [-0.39, 0.29) is 43.7 Å². The molecule has 1 fully saturated rings. The van der Waals surface area contributed by atoms with Gasteiger partial charge in [-0.15, -0.1) is 0 Å². The normalized spacial score (nSPS) is 19.4. The minimum absolute atomic E-state index is 0.116. The van der Waals surface area contributed by atoms with Gasteiger partial charge in [0.15, 0.2) is 23.8 Å². The molecule has 44 heavy (non-hydrogen) atoms. The molecule has 0 aliphatic carbocycles. The second kappa shape index (κ2) is 12.6. The van der Waals surface area contributed by atoms with Gasteiger partial charge in [0, 0.05) is 50.9 Å². The average Bonchev–Trinajstić information content (AvgIpc) is 3.46. The molecule has 2 aromatic heterocycles. The lowest BCUT2D eigenvalue weighted by molar-refractivity contribution is -0.125. The van der Waals surface area contributed by atoms with Crippen LogP contribution in [0.5, 0.6) is 17.2 Å².